The van der Waals surface area contributed by atoms with Crippen LogP contribution in [0.3, 0.4) is 0 Å². The number of carbonyl (C=O) groups is 4. The van der Waals surface area contributed by atoms with Crippen LogP contribution in [-0.2, 0) is 19.2 Å². The van der Waals surface area contributed by atoms with Gasteiger partial charge in [-0.3, -0.25) is 14.4 Å². The van der Waals surface area contributed by atoms with Crippen LogP contribution in [0, 0.1) is 0 Å². The number of carboxylic acids is 1. The van der Waals surface area contributed by atoms with Crippen molar-refractivity contribution >= 4 is 35.5 Å². The number of nitrogens with one attached hydrogen (secondary N) is 3. The fraction of sp³-hybridized carbons (Fsp3) is 0.810. The number of amides is 3. The molecule has 0 radical (unpaired) electrons. The average Bonchev–Trinajstić information content (AvgIpc) is 2.78. The minimum Gasteiger partial charge on any atom is -0.480 e. The highest BCUT2D eigenvalue weighted by atomic mass is 32.2. The maximum Gasteiger partial charge on any atom is 0.328 e. The van der Waals surface area contributed by atoms with E-state index in [1.807, 2.05) is 6.26 Å². The first-order chi connectivity index (χ1) is 16.1. The van der Waals surface area contributed by atoms with Crippen LogP contribution in [0.4, 0.5) is 0 Å². The maximum absolute atomic E-state index is 13.0. The first-order valence-corrected chi connectivity index (χ1v) is 12.9. The van der Waals surface area contributed by atoms with Crippen molar-refractivity contribution in [1.29, 1.82) is 0 Å². The molecule has 12 nitrogen and oxygen atoms in total. The van der Waals surface area contributed by atoms with Gasteiger partial charge in [-0.25, -0.2) is 4.79 Å². The third kappa shape index (κ3) is 13.1. The number of aliphatic hydroxyl groups excluding tert-OH is 1. The average molecular weight is 507 g/mol. The minimum atomic E-state index is -1.53. The Bertz CT molecular complexity index is 639. The van der Waals surface area contributed by atoms with Gasteiger partial charge in [-0.05, 0) is 77.0 Å². The number of aliphatic hydroxyl groups is 1. The van der Waals surface area contributed by atoms with Crippen LogP contribution in [0.2, 0.25) is 0 Å². The molecule has 0 rings (SSSR count). The Morgan fingerprint density at radius 1 is 0.824 bits per heavy atom. The van der Waals surface area contributed by atoms with Gasteiger partial charge in [0.15, 0.2) is 6.04 Å². The normalized spacial score (nSPS) is 15.5. The van der Waals surface area contributed by atoms with Crippen LogP contribution in [0.25, 0.3) is 0 Å². The molecule has 0 aliphatic carbocycles. The topological polar surface area (TPSA) is 223 Å². The van der Waals surface area contributed by atoms with Crippen molar-refractivity contribution in [2.24, 2.45) is 17.2 Å². The van der Waals surface area contributed by atoms with E-state index >= 15 is 0 Å². The molecule has 0 aromatic rings. The van der Waals surface area contributed by atoms with Crippen molar-refractivity contribution in [3.05, 3.63) is 0 Å². The molecule has 0 aromatic carbocycles. The second-order valence-corrected chi connectivity index (χ2v) is 9.13. The smallest absolute Gasteiger partial charge is 0.328 e. The van der Waals surface area contributed by atoms with Gasteiger partial charge in [-0.1, -0.05) is 0 Å². The van der Waals surface area contributed by atoms with Crippen LogP contribution < -0.4 is 33.2 Å². The number of unbranched alkanes of at least 4 members (excludes halogenated alkanes) is 2. The Labute approximate surface area is 205 Å². The fourth-order valence-electron chi connectivity index (χ4n) is 3.09. The van der Waals surface area contributed by atoms with Gasteiger partial charge in [0.2, 0.25) is 17.7 Å². The molecule has 0 saturated carbocycles. The third-order valence-corrected chi connectivity index (χ3v) is 5.82. The Morgan fingerprint density at radius 3 is 1.71 bits per heavy atom. The van der Waals surface area contributed by atoms with E-state index in [1.54, 1.807) is 11.8 Å². The summed E-state index contributed by atoms with van der Waals surface area (Å²) in [4.78, 5) is 49.6. The molecule has 0 heterocycles. The maximum atomic E-state index is 13.0. The van der Waals surface area contributed by atoms with Gasteiger partial charge in [0.25, 0.3) is 0 Å². The Hall–Kier alpha value is -1.93. The number of hydrogen-bond donors (Lipinski definition) is 8. The molecule has 5 unspecified atom stereocenters. The molecule has 0 saturated heterocycles. The van der Waals surface area contributed by atoms with E-state index < -0.39 is 54.0 Å². The number of carboxylic acid groups (broad SMARTS) is 1. The summed E-state index contributed by atoms with van der Waals surface area (Å²) in [6, 6.07) is -4.31. The van der Waals surface area contributed by atoms with Gasteiger partial charge >= 0.3 is 5.97 Å². The summed E-state index contributed by atoms with van der Waals surface area (Å²) < 4.78 is 0. The molecule has 198 valence electrons. The van der Waals surface area contributed by atoms with Crippen molar-refractivity contribution in [3.8, 4) is 0 Å². The van der Waals surface area contributed by atoms with E-state index in [0.29, 0.717) is 57.4 Å². The first kappa shape index (κ1) is 32.1. The zero-order chi connectivity index (χ0) is 26.1. The van der Waals surface area contributed by atoms with Crippen LogP contribution in [0.5, 0.6) is 0 Å². The first-order valence-electron chi connectivity index (χ1n) is 11.6. The van der Waals surface area contributed by atoms with E-state index in [-0.39, 0.29) is 6.42 Å². The second-order valence-electron chi connectivity index (χ2n) is 8.14. The quantitative estimate of drug-likeness (QED) is 0.0921. The van der Waals surface area contributed by atoms with Crippen molar-refractivity contribution in [1.82, 2.24) is 16.0 Å². The Morgan fingerprint density at radius 2 is 1.29 bits per heavy atom. The number of aliphatic carboxylic acids is 1. The monoisotopic (exact) mass is 506 g/mol. The van der Waals surface area contributed by atoms with E-state index in [1.165, 1.54) is 6.92 Å². The van der Waals surface area contributed by atoms with Crippen LogP contribution >= 0.6 is 11.8 Å². The number of nitrogens with two attached hydrogens (primary N) is 3. The van der Waals surface area contributed by atoms with Crippen molar-refractivity contribution in [2.45, 2.75) is 82.1 Å². The van der Waals surface area contributed by atoms with E-state index in [2.05, 4.69) is 16.0 Å². The summed E-state index contributed by atoms with van der Waals surface area (Å²) >= 11 is 1.55. The highest BCUT2D eigenvalue weighted by Gasteiger charge is 2.31. The third-order valence-electron chi connectivity index (χ3n) is 5.18. The fourth-order valence-corrected chi connectivity index (χ4v) is 3.58. The lowest BCUT2D eigenvalue weighted by atomic mass is 10.0. The van der Waals surface area contributed by atoms with Gasteiger partial charge < -0.3 is 43.4 Å². The molecule has 0 aliphatic rings. The molecule has 5 atom stereocenters. The SMILES string of the molecule is CSCCC(N)C(=O)NC(CCCCN)C(=O)NC(CCCCN)C(=O)NC(C(=O)O)C(C)O. The summed E-state index contributed by atoms with van der Waals surface area (Å²) in [5.41, 5.74) is 17.0. The molecule has 0 fully saturated rings. The van der Waals surface area contributed by atoms with E-state index in [4.69, 9.17) is 17.2 Å². The molecule has 11 N–H and O–H groups in total. The molecule has 0 aromatic heterocycles. The van der Waals surface area contributed by atoms with Gasteiger partial charge in [-0.2, -0.15) is 11.8 Å². The largest absolute Gasteiger partial charge is 0.480 e. The second kappa shape index (κ2) is 18.4. The summed E-state index contributed by atoms with van der Waals surface area (Å²) in [5.74, 6) is -2.51. The standard InChI is InChI=1S/C21H42N6O6S/c1-13(28)17(21(32)33)27-20(31)16(8-4-6-11-23)26-19(30)15(7-3-5-10-22)25-18(29)14(24)9-12-34-2/h13-17,28H,3-12,22-24H2,1-2H3,(H,25,29)(H,26,30)(H,27,31)(H,32,33). The molecular formula is C21H42N6O6S. The Balaban J connectivity index is 5.46. The molecule has 13 heteroatoms. The molecule has 0 bridgehead atoms. The van der Waals surface area contributed by atoms with Crippen LogP contribution in [-0.4, -0.2) is 89.3 Å². The predicted molar refractivity (Wildman–Crippen MR) is 132 cm³/mol. The summed E-state index contributed by atoms with van der Waals surface area (Å²) in [5, 5.41) is 26.4. The zero-order valence-corrected chi connectivity index (χ0v) is 20.9. The van der Waals surface area contributed by atoms with E-state index in [0.717, 1.165) is 0 Å². The van der Waals surface area contributed by atoms with Crippen molar-refractivity contribution < 1.29 is 29.4 Å². The summed E-state index contributed by atoms with van der Waals surface area (Å²) in [6.07, 6.45) is 3.83. The number of carbonyl (C=O) groups excluding carboxylic acids is 3. The van der Waals surface area contributed by atoms with Crippen molar-refractivity contribution in [2.75, 3.05) is 25.1 Å². The number of rotatable bonds is 19. The molecule has 34 heavy (non-hydrogen) atoms. The van der Waals surface area contributed by atoms with Gasteiger partial charge in [-0.15, -0.1) is 0 Å². The highest BCUT2D eigenvalue weighted by Crippen LogP contribution is 2.07. The zero-order valence-electron chi connectivity index (χ0n) is 20.1. The highest BCUT2D eigenvalue weighted by molar-refractivity contribution is 7.98. The number of hydrogen-bond acceptors (Lipinski definition) is 9. The van der Waals surface area contributed by atoms with Gasteiger partial charge in [0.1, 0.15) is 12.1 Å². The summed E-state index contributed by atoms with van der Waals surface area (Å²) in [6.45, 7) is 2.05. The molecular weight excluding hydrogens is 464 g/mol. The van der Waals surface area contributed by atoms with Gasteiger partial charge in [0.05, 0.1) is 12.1 Å². The molecule has 0 spiro atoms. The summed E-state index contributed by atoms with van der Waals surface area (Å²) in [7, 11) is 0. The minimum absolute atomic E-state index is 0.206. The lowest BCUT2D eigenvalue weighted by molar-refractivity contribution is -0.145. The lowest BCUT2D eigenvalue weighted by Gasteiger charge is -2.26. The van der Waals surface area contributed by atoms with Crippen LogP contribution in [0.1, 0.15) is 51.9 Å². The molecule has 0 aliphatic heterocycles. The van der Waals surface area contributed by atoms with Crippen molar-refractivity contribution in [3.63, 3.8) is 0 Å². The Kier molecular flexibility index (Phi) is 17.4. The lowest BCUT2D eigenvalue weighted by Crippen LogP contribution is -2.58. The number of thioether (sulfide) groups is 1. The predicted octanol–water partition coefficient (Wildman–Crippen LogP) is -1.76. The molecule has 3 amide bonds. The van der Waals surface area contributed by atoms with Crippen LogP contribution in [0.15, 0.2) is 0 Å². The van der Waals surface area contributed by atoms with Gasteiger partial charge in [0, 0.05) is 0 Å². The van der Waals surface area contributed by atoms with E-state index in [9.17, 15) is 29.4 Å².